The third-order valence-electron chi connectivity index (χ3n) is 5.58. The largest absolute Gasteiger partial charge is 0.493 e. The van der Waals surface area contributed by atoms with E-state index in [4.69, 9.17) is 9.47 Å². The zero-order valence-electron chi connectivity index (χ0n) is 18.1. The SMILES string of the molecule is COc1ccc([C@@H]2CC(=O)N(CC(=O)Nc3nc(C(C)C)ns3)C2)cc1OCC1CC1. The molecule has 2 fully saturated rings. The third kappa shape index (κ3) is 5.33. The molecule has 1 aliphatic heterocycles. The van der Waals surface area contributed by atoms with E-state index in [1.807, 2.05) is 32.0 Å². The average Bonchev–Trinajstić information content (AvgIpc) is 3.34. The van der Waals surface area contributed by atoms with Crippen LogP contribution in [0.1, 0.15) is 56.3 Å². The molecule has 1 atom stereocenters. The second-order valence-electron chi connectivity index (χ2n) is 8.50. The zero-order chi connectivity index (χ0) is 22.0. The molecule has 9 heteroatoms. The van der Waals surface area contributed by atoms with Gasteiger partial charge in [-0.3, -0.25) is 14.9 Å². The summed E-state index contributed by atoms with van der Waals surface area (Å²) in [6, 6.07) is 5.83. The maximum absolute atomic E-state index is 12.5. The highest BCUT2D eigenvalue weighted by molar-refractivity contribution is 7.09. The molecule has 0 bridgehead atoms. The number of carbonyl (C=O) groups is 2. The van der Waals surface area contributed by atoms with E-state index in [0.29, 0.717) is 47.9 Å². The lowest BCUT2D eigenvalue weighted by molar-refractivity contribution is -0.131. The molecule has 1 saturated heterocycles. The van der Waals surface area contributed by atoms with Crippen LogP contribution in [0, 0.1) is 5.92 Å². The van der Waals surface area contributed by atoms with Crippen molar-refractivity contribution < 1.29 is 19.1 Å². The molecule has 0 radical (unpaired) electrons. The van der Waals surface area contributed by atoms with Crippen LogP contribution >= 0.6 is 11.5 Å². The molecule has 2 aromatic rings. The number of anilines is 1. The molecular formula is C22H28N4O4S. The summed E-state index contributed by atoms with van der Waals surface area (Å²) in [4.78, 5) is 30.9. The van der Waals surface area contributed by atoms with Gasteiger partial charge in [-0.05, 0) is 36.5 Å². The highest BCUT2D eigenvalue weighted by Gasteiger charge is 2.32. The van der Waals surface area contributed by atoms with E-state index in [9.17, 15) is 9.59 Å². The standard InChI is InChI=1S/C22H28N4O4S/c1-13(2)21-24-22(31-25-21)23-19(27)11-26-10-16(9-20(26)28)15-6-7-17(29-3)18(8-15)30-12-14-4-5-14/h6-8,13-14,16H,4-5,9-12H2,1-3H3,(H,23,24,25,27)/t16-/m1/s1. The van der Waals surface area contributed by atoms with Gasteiger partial charge in [0.25, 0.3) is 0 Å². The van der Waals surface area contributed by atoms with Crippen LogP contribution in [0.15, 0.2) is 18.2 Å². The summed E-state index contributed by atoms with van der Waals surface area (Å²) >= 11 is 1.16. The Morgan fingerprint density at radius 1 is 1.32 bits per heavy atom. The summed E-state index contributed by atoms with van der Waals surface area (Å²) in [5.41, 5.74) is 1.02. The molecule has 31 heavy (non-hydrogen) atoms. The Hall–Kier alpha value is -2.68. The first-order valence-electron chi connectivity index (χ1n) is 10.6. The molecule has 4 rings (SSSR count). The molecule has 1 aromatic carbocycles. The number of benzene rings is 1. The van der Waals surface area contributed by atoms with Gasteiger partial charge in [0.1, 0.15) is 5.82 Å². The highest BCUT2D eigenvalue weighted by Crippen LogP contribution is 2.37. The van der Waals surface area contributed by atoms with Crippen LogP contribution in [0.25, 0.3) is 0 Å². The van der Waals surface area contributed by atoms with E-state index < -0.39 is 0 Å². The minimum Gasteiger partial charge on any atom is -0.493 e. The number of aromatic nitrogens is 2. The van der Waals surface area contributed by atoms with Crippen LogP contribution in [0.3, 0.4) is 0 Å². The van der Waals surface area contributed by atoms with Gasteiger partial charge in [0.2, 0.25) is 16.9 Å². The smallest absolute Gasteiger partial charge is 0.245 e. The van der Waals surface area contributed by atoms with Crippen molar-refractivity contribution in [3.05, 3.63) is 29.6 Å². The average molecular weight is 445 g/mol. The number of hydrogen-bond donors (Lipinski definition) is 1. The van der Waals surface area contributed by atoms with Gasteiger partial charge in [-0.2, -0.15) is 4.37 Å². The van der Waals surface area contributed by atoms with Gasteiger partial charge in [0.15, 0.2) is 11.5 Å². The number of nitrogens with one attached hydrogen (secondary N) is 1. The Labute approximate surface area is 186 Å². The molecule has 8 nitrogen and oxygen atoms in total. The lowest BCUT2D eigenvalue weighted by atomic mass is 9.98. The summed E-state index contributed by atoms with van der Waals surface area (Å²) in [7, 11) is 1.63. The Bertz CT molecular complexity index is 957. The van der Waals surface area contributed by atoms with Crippen LogP contribution in [0.4, 0.5) is 5.13 Å². The van der Waals surface area contributed by atoms with Crippen molar-refractivity contribution in [2.24, 2.45) is 5.92 Å². The number of amides is 2. The fourth-order valence-electron chi connectivity index (χ4n) is 3.55. The van der Waals surface area contributed by atoms with Crippen LogP contribution in [0.2, 0.25) is 0 Å². The van der Waals surface area contributed by atoms with E-state index in [0.717, 1.165) is 17.1 Å². The van der Waals surface area contributed by atoms with Crippen LogP contribution in [-0.2, 0) is 9.59 Å². The molecule has 1 saturated carbocycles. The van der Waals surface area contributed by atoms with Crippen molar-refractivity contribution >= 4 is 28.5 Å². The van der Waals surface area contributed by atoms with Crippen molar-refractivity contribution in [2.45, 2.75) is 44.9 Å². The molecule has 1 aromatic heterocycles. The maximum Gasteiger partial charge on any atom is 0.245 e. The molecule has 1 N–H and O–H groups in total. The summed E-state index contributed by atoms with van der Waals surface area (Å²) in [5, 5.41) is 3.21. The highest BCUT2D eigenvalue weighted by atomic mass is 32.1. The molecule has 0 unspecified atom stereocenters. The minimum absolute atomic E-state index is 0.00706. The normalized spacial score (nSPS) is 18.5. The van der Waals surface area contributed by atoms with Crippen molar-refractivity contribution in [1.29, 1.82) is 0 Å². The molecule has 2 heterocycles. The predicted octanol–water partition coefficient (Wildman–Crippen LogP) is 3.41. The Morgan fingerprint density at radius 3 is 2.81 bits per heavy atom. The monoisotopic (exact) mass is 444 g/mol. The first-order valence-corrected chi connectivity index (χ1v) is 11.4. The first kappa shape index (κ1) is 21.5. The molecule has 2 amide bonds. The molecular weight excluding hydrogens is 416 g/mol. The number of hydrogen-bond acceptors (Lipinski definition) is 7. The van der Waals surface area contributed by atoms with Gasteiger partial charge < -0.3 is 14.4 Å². The van der Waals surface area contributed by atoms with Gasteiger partial charge in [-0.25, -0.2) is 4.98 Å². The zero-order valence-corrected chi connectivity index (χ0v) is 18.9. The second kappa shape index (κ2) is 9.21. The van der Waals surface area contributed by atoms with E-state index in [-0.39, 0.29) is 30.2 Å². The van der Waals surface area contributed by atoms with Crippen molar-refractivity contribution in [3.63, 3.8) is 0 Å². The van der Waals surface area contributed by atoms with Crippen LogP contribution < -0.4 is 14.8 Å². The minimum atomic E-state index is -0.261. The van der Waals surface area contributed by atoms with Gasteiger partial charge >= 0.3 is 0 Å². The number of nitrogens with zero attached hydrogens (tertiary/aromatic N) is 3. The van der Waals surface area contributed by atoms with E-state index in [2.05, 4.69) is 14.7 Å². The number of likely N-dealkylation sites (tertiary alicyclic amines) is 1. The third-order valence-corrected chi connectivity index (χ3v) is 6.23. The maximum atomic E-state index is 12.5. The fraction of sp³-hybridized carbons (Fsp3) is 0.545. The number of carbonyl (C=O) groups excluding carboxylic acids is 2. The Morgan fingerprint density at radius 2 is 2.13 bits per heavy atom. The lowest BCUT2D eigenvalue weighted by Crippen LogP contribution is -2.34. The molecule has 1 aliphatic carbocycles. The first-order chi connectivity index (χ1) is 14.9. The molecule has 166 valence electrons. The van der Waals surface area contributed by atoms with Crippen molar-refractivity contribution in [2.75, 3.05) is 32.1 Å². The lowest BCUT2D eigenvalue weighted by Gasteiger charge is -2.17. The van der Waals surface area contributed by atoms with Crippen LogP contribution in [0.5, 0.6) is 11.5 Å². The van der Waals surface area contributed by atoms with Gasteiger partial charge in [0, 0.05) is 36.3 Å². The fourth-order valence-corrected chi connectivity index (χ4v) is 4.28. The number of methoxy groups -OCH3 is 1. The number of ether oxygens (including phenoxy) is 2. The number of rotatable bonds is 9. The van der Waals surface area contributed by atoms with Gasteiger partial charge in [-0.1, -0.05) is 19.9 Å². The summed E-state index contributed by atoms with van der Waals surface area (Å²) in [5.74, 6) is 2.68. The molecule has 2 aliphatic rings. The van der Waals surface area contributed by atoms with E-state index >= 15 is 0 Å². The Balaban J connectivity index is 1.36. The van der Waals surface area contributed by atoms with E-state index in [1.165, 1.54) is 12.8 Å². The van der Waals surface area contributed by atoms with E-state index in [1.54, 1.807) is 12.0 Å². The summed E-state index contributed by atoms with van der Waals surface area (Å²) in [6.07, 6.45) is 2.80. The van der Waals surface area contributed by atoms with Crippen LogP contribution in [-0.4, -0.2) is 52.9 Å². The Kier molecular flexibility index (Phi) is 6.41. The van der Waals surface area contributed by atoms with Gasteiger partial charge in [0.05, 0.1) is 20.3 Å². The summed E-state index contributed by atoms with van der Waals surface area (Å²) in [6.45, 7) is 5.19. The topological polar surface area (TPSA) is 93.7 Å². The predicted molar refractivity (Wildman–Crippen MR) is 118 cm³/mol. The van der Waals surface area contributed by atoms with Gasteiger partial charge in [-0.15, -0.1) is 0 Å². The van der Waals surface area contributed by atoms with Crippen molar-refractivity contribution in [1.82, 2.24) is 14.3 Å². The second-order valence-corrected chi connectivity index (χ2v) is 9.25. The quantitative estimate of drug-likeness (QED) is 0.637. The summed E-state index contributed by atoms with van der Waals surface area (Å²) < 4.78 is 15.6. The molecule has 0 spiro atoms. The van der Waals surface area contributed by atoms with Crippen molar-refractivity contribution in [3.8, 4) is 11.5 Å².